The molecule has 6 nitrogen and oxygen atoms in total. The van der Waals surface area contributed by atoms with Crippen LogP contribution in [0.5, 0.6) is 0 Å². The van der Waals surface area contributed by atoms with E-state index in [1.54, 1.807) is 19.9 Å². The van der Waals surface area contributed by atoms with Crippen LogP contribution in [0, 0.1) is 19.3 Å². The van der Waals surface area contributed by atoms with Crippen LogP contribution in [0.1, 0.15) is 35.3 Å². The molecule has 0 aromatic heterocycles. The summed E-state index contributed by atoms with van der Waals surface area (Å²) in [4.78, 5) is 25.4. The molecule has 0 bridgehead atoms. The van der Waals surface area contributed by atoms with Gasteiger partial charge in [-0.15, -0.1) is 0 Å². The number of benzene rings is 2. The Bertz CT molecular complexity index is 1120. The lowest BCUT2D eigenvalue weighted by molar-refractivity contribution is -0.123. The van der Waals surface area contributed by atoms with Gasteiger partial charge in [-0.1, -0.05) is 29.3 Å². The van der Waals surface area contributed by atoms with Gasteiger partial charge in [-0.25, -0.2) is 12.7 Å². The molecule has 3 rings (SSSR count). The number of halogens is 2. The Morgan fingerprint density at radius 3 is 2.31 bits per heavy atom. The highest BCUT2D eigenvalue weighted by Gasteiger charge is 2.50. The number of aryl methyl sites for hydroxylation is 2. The zero-order valence-corrected chi connectivity index (χ0v) is 18.7. The smallest absolute Gasteiger partial charge is 0.255 e. The fourth-order valence-electron chi connectivity index (χ4n) is 3.31. The van der Waals surface area contributed by atoms with E-state index in [1.807, 2.05) is 19.9 Å². The number of nitrogens with zero attached hydrogens (tertiary/aromatic N) is 1. The number of amides is 2. The van der Waals surface area contributed by atoms with Crippen LogP contribution in [0.2, 0.25) is 10.0 Å². The normalized spacial score (nSPS) is 17.4. The Morgan fingerprint density at radius 1 is 1.10 bits per heavy atom. The number of carbonyl (C=O) groups excluding carboxylic acids is 2. The number of rotatable bonds is 3. The topological polar surface area (TPSA) is 83.6 Å². The second-order valence-electron chi connectivity index (χ2n) is 7.77. The molecule has 1 fully saturated rings. The fourth-order valence-corrected chi connectivity index (χ4v) is 6.05. The largest absolute Gasteiger partial charge is 0.320 e. The molecule has 1 N–H and O–H groups in total. The van der Waals surface area contributed by atoms with Gasteiger partial charge < -0.3 is 5.32 Å². The monoisotopic (exact) mass is 454 g/mol. The van der Waals surface area contributed by atoms with Gasteiger partial charge in [0.15, 0.2) is 0 Å². The van der Waals surface area contributed by atoms with Crippen molar-refractivity contribution in [3.8, 4) is 0 Å². The van der Waals surface area contributed by atoms with E-state index < -0.39 is 27.3 Å². The van der Waals surface area contributed by atoms with Gasteiger partial charge in [0.25, 0.3) is 5.91 Å². The summed E-state index contributed by atoms with van der Waals surface area (Å²) in [6, 6.07) is 7.76. The van der Waals surface area contributed by atoms with E-state index in [2.05, 4.69) is 5.32 Å². The quantitative estimate of drug-likeness (QED) is 0.735. The van der Waals surface area contributed by atoms with Crippen LogP contribution >= 0.6 is 23.2 Å². The summed E-state index contributed by atoms with van der Waals surface area (Å²) >= 11 is 12.4. The molecular formula is C20H20Cl2N2O4S. The summed E-state index contributed by atoms with van der Waals surface area (Å²) in [7, 11) is -3.89. The third kappa shape index (κ3) is 3.99. The number of hydrogen-bond acceptors (Lipinski definition) is 4. The molecule has 1 aliphatic rings. The van der Waals surface area contributed by atoms with Crippen molar-refractivity contribution < 1.29 is 18.0 Å². The van der Waals surface area contributed by atoms with Crippen LogP contribution < -0.4 is 9.62 Å². The van der Waals surface area contributed by atoms with Crippen molar-refractivity contribution >= 4 is 56.4 Å². The Hall–Kier alpha value is -2.09. The number of sulfonamides is 1. The van der Waals surface area contributed by atoms with E-state index in [9.17, 15) is 18.0 Å². The SMILES string of the molecule is Cc1cc(C)c(NC(=O)c2ccc(Cl)c(N3C(=O)C(C)(C)CS3(=O)=O)c2)c(Cl)c1. The first kappa shape index (κ1) is 21.6. The van der Waals surface area contributed by atoms with E-state index in [0.29, 0.717) is 15.0 Å². The van der Waals surface area contributed by atoms with E-state index in [-0.39, 0.29) is 22.0 Å². The van der Waals surface area contributed by atoms with Crippen molar-refractivity contribution in [1.29, 1.82) is 0 Å². The number of nitrogens with one attached hydrogen (secondary N) is 1. The van der Waals surface area contributed by atoms with E-state index in [4.69, 9.17) is 23.2 Å². The molecule has 154 valence electrons. The molecule has 0 spiro atoms. The molecule has 2 aromatic rings. The molecule has 1 heterocycles. The Morgan fingerprint density at radius 2 is 1.76 bits per heavy atom. The van der Waals surface area contributed by atoms with Gasteiger partial charge in [-0.05, 0) is 63.1 Å². The second-order valence-corrected chi connectivity index (χ2v) is 10.4. The number of hydrogen-bond donors (Lipinski definition) is 1. The molecule has 1 saturated heterocycles. The van der Waals surface area contributed by atoms with Gasteiger partial charge in [0, 0.05) is 5.56 Å². The highest BCUT2D eigenvalue weighted by atomic mass is 35.5. The number of carbonyl (C=O) groups is 2. The van der Waals surface area contributed by atoms with Crippen molar-refractivity contribution in [3.63, 3.8) is 0 Å². The van der Waals surface area contributed by atoms with Gasteiger partial charge in [0.1, 0.15) is 0 Å². The molecule has 0 saturated carbocycles. The van der Waals surface area contributed by atoms with Crippen LogP contribution in [0.15, 0.2) is 30.3 Å². The van der Waals surface area contributed by atoms with Crippen molar-refractivity contribution in [2.24, 2.45) is 5.41 Å². The molecule has 2 aromatic carbocycles. The lowest BCUT2D eigenvalue weighted by Gasteiger charge is -2.19. The molecule has 9 heteroatoms. The summed E-state index contributed by atoms with van der Waals surface area (Å²) in [5, 5.41) is 3.19. The van der Waals surface area contributed by atoms with Crippen LogP contribution in [0.3, 0.4) is 0 Å². The molecule has 0 aliphatic carbocycles. The summed E-state index contributed by atoms with van der Waals surface area (Å²) in [6.07, 6.45) is 0. The summed E-state index contributed by atoms with van der Waals surface area (Å²) in [5.74, 6) is -1.42. The predicted molar refractivity (Wildman–Crippen MR) is 115 cm³/mol. The van der Waals surface area contributed by atoms with Crippen molar-refractivity contribution in [2.45, 2.75) is 27.7 Å². The van der Waals surface area contributed by atoms with Crippen LogP contribution in [0.4, 0.5) is 11.4 Å². The van der Waals surface area contributed by atoms with Gasteiger partial charge >= 0.3 is 0 Å². The standard InChI is InChI=1S/C20H20Cl2N2O4S/c1-11-7-12(2)17(15(22)8-11)23-18(25)13-5-6-14(21)16(9-13)24-19(26)20(3,4)10-29(24,27)28/h5-9H,10H2,1-4H3,(H,23,25). The zero-order chi connectivity index (χ0) is 21.7. The van der Waals surface area contributed by atoms with Gasteiger partial charge in [0.05, 0.1) is 32.6 Å². The molecular weight excluding hydrogens is 435 g/mol. The Labute approximate surface area is 179 Å². The van der Waals surface area contributed by atoms with Crippen LogP contribution in [0.25, 0.3) is 0 Å². The average molecular weight is 455 g/mol. The minimum Gasteiger partial charge on any atom is -0.320 e. The van der Waals surface area contributed by atoms with Gasteiger partial charge in [0.2, 0.25) is 15.9 Å². The lowest BCUT2D eigenvalue weighted by Crippen LogP contribution is -2.33. The van der Waals surface area contributed by atoms with Gasteiger partial charge in [-0.2, -0.15) is 0 Å². The minimum absolute atomic E-state index is 0.0402. The minimum atomic E-state index is -3.89. The zero-order valence-electron chi connectivity index (χ0n) is 16.3. The van der Waals surface area contributed by atoms with Crippen molar-refractivity contribution in [3.05, 3.63) is 57.1 Å². The molecule has 0 unspecified atom stereocenters. The molecule has 29 heavy (non-hydrogen) atoms. The molecule has 0 atom stereocenters. The first-order valence-electron chi connectivity index (χ1n) is 8.78. The molecule has 2 amide bonds. The molecule has 1 aliphatic heterocycles. The second kappa shape index (κ2) is 7.31. The van der Waals surface area contributed by atoms with E-state index in [1.165, 1.54) is 18.2 Å². The highest BCUT2D eigenvalue weighted by Crippen LogP contribution is 2.39. The average Bonchev–Trinajstić information content (AvgIpc) is 2.74. The van der Waals surface area contributed by atoms with Crippen molar-refractivity contribution in [2.75, 3.05) is 15.4 Å². The van der Waals surface area contributed by atoms with Gasteiger partial charge in [-0.3, -0.25) is 9.59 Å². The number of anilines is 2. The Balaban J connectivity index is 2.00. The molecule has 0 radical (unpaired) electrons. The van der Waals surface area contributed by atoms with Crippen LogP contribution in [-0.2, 0) is 14.8 Å². The van der Waals surface area contributed by atoms with Crippen molar-refractivity contribution in [1.82, 2.24) is 0 Å². The highest BCUT2D eigenvalue weighted by molar-refractivity contribution is 7.94. The maximum Gasteiger partial charge on any atom is 0.255 e. The predicted octanol–water partition coefficient (Wildman–Crippen LogP) is 4.57. The van der Waals surface area contributed by atoms with E-state index in [0.717, 1.165) is 11.1 Å². The summed E-state index contributed by atoms with van der Waals surface area (Å²) in [5.41, 5.74) is 1.24. The van der Waals surface area contributed by atoms with Crippen LogP contribution in [-0.4, -0.2) is 26.0 Å². The third-order valence-corrected chi connectivity index (χ3v) is 7.31. The maximum absolute atomic E-state index is 12.8. The lowest BCUT2D eigenvalue weighted by atomic mass is 9.95. The van der Waals surface area contributed by atoms with E-state index >= 15 is 0 Å². The first-order chi connectivity index (χ1) is 13.3. The third-order valence-electron chi connectivity index (χ3n) is 4.68. The maximum atomic E-state index is 12.8. The summed E-state index contributed by atoms with van der Waals surface area (Å²) < 4.78 is 25.8. The fraction of sp³-hybridized carbons (Fsp3) is 0.300. The Kier molecular flexibility index (Phi) is 5.45. The summed E-state index contributed by atoms with van der Waals surface area (Å²) in [6.45, 7) is 6.82. The first-order valence-corrected chi connectivity index (χ1v) is 11.1.